The molecule has 0 bridgehead atoms. The molecule has 0 aliphatic rings. The monoisotopic (exact) mass is 375 g/mol. The highest BCUT2D eigenvalue weighted by Gasteiger charge is 2.09. The zero-order valence-corrected chi connectivity index (χ0v) is 13.7. The number of phenols is 1. The Morgan fingerprint density at radius 1 is 1.20 bits per heavy atom. The number of nitrogens with one attached hydrogen (secondary N) is 1. The minimum atomic E-state index is 0.154. The van der Waals surface area contributed by atoms with Gasteiger partial charge in [-0.2, -0.15) is 0 Å². The van der Waals surface area contributed by atoms with Crippen LogP contribution in [0.4, 0.5) is 5.69 Å². The van der Waals surface area contributed by atoms with Crippen molar-refractivity contribution < 1.29 is 9.84 Å². The molecule has 20 heavy (non-hydrogen) atoms. The Labute approximate surface area is 135 Å². The number of aromatic hydroxyl groups is 1. The number of ether oxygens (including phenoxy) is 1. The van der Waals surface area contributed by atoms with Crippen molar-refractivity contribution in [2.45, 2.75) is 6.54 Å². The minimum absolute atomic E-state index is 0.154. The number of halogens is 3. The van der Waals surface area contributed by atoms with Gasteiger partial charge in [0.25, 0.3) is 0 Å². The summed E-state index contributed by atoms with van der Waals surface area (Å²) in [5.74, 6) is 0.757. The third-order valence-electron chi connectivity index (χ3n) is 2.75. The molecule has 0 radical (unpaired) electrons. The molecular formula is C14H12BrCl2NO2. The second-order valence-electron chi connectivity index (χ2n) is 4.09. The van der Waals surface area contributed by atoms with E-state index in [1.165, 1.54) is 0 Å². The lowest BCUT2D eigenvalue weighted by molar-refractivity contribution is 0.406. The van der Waals surface area contributed by atoms with E-state index in [0.717, 1.165) is 10.0 Å². The van der Waals surface area contributed by atoms with Crippen molar-refractivity contribution in [1.82, 2.24) is 0 Å². The summed E-state index contributed by atoms with van der Waals surface area (Å²) in [5.41, 5.74) is 1.35. The van der Waals surface area contributed by atoms with Gasteiger partial charge < -0.3 is 15.2 Å². The summed E-state index contributed by atoms with van der Waals surface area (Å²) in [5, 5.41) is 14.0. The van der Waals surface area contributed by atoms with Crippen molar-refractivity contribution in [1.29, 1.82) is 0 Å². The summed E-state index contributed by atoms with van der Waals surface area (Å²) in [6, 6.07) is 8.62. The highest BCUT2D eigenvalue weighted by molar-refractivity contribution is 9.10. The molecule has 0 aliphatic heterocycles. The number of methoxy groups -OCH3 is 1. The number of anilines is 1. The molecule has 3 nitrogen and oxygen atoms in total. The molecular weight excluding hydrogens is 365 g/mol. The van der Waals surface area contributed by atoms with Gasteiger partial charge in [0.05, 0.1) is 22.8 Å². The van der Waals surface area contributed by atoms with Crippen LogP contribution < -0.4 is 10.1 Å². The fourth-order valence-corrected chi connectivity index (χ4v) is 3.06. The van der Waals surface area contributed by atoms with Gasteiger partial charge >= 0.3 is 0 Å². The Bertz CT molecular complexity index is 612. The van der Waals surface area contributed by atoms with Crippen LogP contribution in [-0.4, -0.2) is 12.2 Å². The lowest BCUT2D eigenvalue weighted by Gasteiger charge is -2.12. The zero-order valence-electron chi connectivity index (χ0n) is 10.6. The Kier molecular flexibility index (Phi) is 5.02. The van der Waals surface area contributed by atoms with Gasteiger partial charge in [0.15, 0.2) is 0 Å². The van der Waals surface area contributed by atoms with E-state index in [9.17, 15) is 5.11 Å². The fourth-order valence-electron chi connectivity index (χ4n) is 1.71. The summed E-state index contributed by atoms with van der Waals surface area (Å²) in [6.07, 6.45) is 0. The molecule has 0 fully saturated rings. The predicted molar refractivity (Wildman–Crippen MR) is 86.1 cm³/mol. The maximum absolute atomic E-state index is 9.89. The molecule has 0 unspecified atom stereocenters. The molecule has 0 spiro atoms. The van der Waals surface area contributed by atoms with Crippen LogP contribution in [0.15, 0.2) is 34.8 Å². The first kappa shape index (κ1) is 15.3. The second-order valence-corrected chi connectivity index (χ2v) is 5.82. The van der Waals surface area contributed by atoms with Gasteiger partial charge in [0, 0.05) is 22.6 Å². The quantitative estimate of drug-likeness (QED) is 0.781. The second kappa shape index (κ2) is 6.57. The van der Waals surface area contributed by atoms with Crippen molar-refractivity contribution in [3.63, 3.8) is 0 Å². The van der Waals surface area contributed by atoms with Crippen LogP contribution in [0.1, 0.15) is 5.56 Å². The van der Waals surface area contributed by atoms with Gasteiger partial charge in [-0.15, -0.1) is 0 Å². The molecule has 0 atom stereocenters. The summed E-state index contributed by atoms with van der Waals surface area (Å²) in [4.78, 5) is 0. The number of hydrogen-bond donors (Lipinski definition) is 2. The van der Waals surface area contributed by atoms with Crippen LogP contribution in [0.3, 0.4) is 0 Å². The van der Waals surface area contributed by atoms with Crippen LogP contribution in [0.5, 0.6) is 11.5 Å². The van der Waals surface area contributed by atoms with Crippen molar-refractivity contribution in [3.8, 4) is 11.5 Å². The predicted octanol–water partition coefficient (Wildman–Crippen LogP) is 5.08. The number of hydrogen-bond acceptors (Lipinski definition) is 3. The molecule has 2 aromatic carbocycles. The molecule has 2 rings (SSSR count). The largest absolute Gasteiger partial charge is 0.507 e. The van der Waals surface area contributed by atoms with E-state index in [1.807, 2.05) is 0 Å². The van der Waals surface area contributed by atoms with E-state index in [1.54, 1.807) is 37.4 Å². The molecule has 106 valence electrons. The first-order valence-electron chi connectivity index (χ1n) is 5.75. The third kappa shape index (κ3) is 3.51. The van der Waals surface area contributed by atoms with E-state index in [-0.39, 0.29) is 5.75 Å². The molecule has 0 saturated carbocycles. The lowest BCUT2D eigenvalue weighted by Crippen LogP contribution is -2.01. The Morgan fingerprint density at radius 2 is 1.85 bits per heavy atom. The topological polar surface area (TPSA) is 41.5 Å². The molecule has 0 aliphatic carbocycles. The summed E-state index contributed by atoms with van der Waals surface area (Å²) in [7, 11) is 1.55. The SMILES string of the molecule is COc1ccc(CNc2c(Cl)cc(Br)cc2Cl)c(O)c1. The van der Waals surface area contributed by atoms with Crippen molar-refractivity contribution in [3.05, 3.63) is 50.4 Å². The zero-order chi connectivity index (χ0) is 14.7. The van der Waals surface area contributed by atoms with Gasteiger partial charge in [0.1, 0.15) is 11.5 Å². The Balaban J connectivity index is 2.17. The maximum atomic E-state index is 9.89. The van der Waals surface area contributed by atoms with Crippen LogP contribution in [-0.2, 0) is 6.54 Å². The van der Waals surface area contributed by atoms with Crippen molar-refractivity contribution in [2.24, 2.45) is 0 Å². The molecule has 2 aromatic rings. The first-order chi connectivity index (χ1) is 9.51. The molecule has 0 aromatic heterocycles. The standard InChI is InChI=1S/C14H12BrCl2NO2/c1-20-10-3-2-8(13(19)6-10)7-18-14-11(16)4-9(15)5-12(14)17/h2-6,18-19H,7H2,1H3. The molecule has 6 heteroatoms. The Hall–Kier alpha value is -1.10. The highest BCUT2D eigenvalue weighted by atomic mass is 79.9. The fraction of sp³-hybridized carbons (Fsp3) is 0.143. The normalized spacial score (nSPS) is 10.4. The Morgan fingerprint density at radius 3 is 2.40 bits per heavy atom. The number of phenolic OH excluding ortho intramolecular Hbond substituents is 1. The highest BCUT2D eigenvalue weighted by Crippen LogP contribution is 2.34. The third-order valence-corrected chi connectivity index (χ3v) is 3.81. The summed E-state index contributed by atoms with van der Waals surface area (Å²) >= 11 is 15.6. The van der Waals surface area contributed by atoms with E-state index in [4.69, 9.17) is 27.9 Å². The van der Waals surface area contributed by atoms with Gasteiger partial charge in [-0.3, -0.25) is 0 Å². The van der Waals surface area contributed by atoms with Gasteiger partial charge in [-0.1, -0.05) is 39.1 Å². The smallest absolute Gasteiger partial charge is 0.124 e. The average molecular weight is 377 g/mol. The van der Waals surface area contributed by atoms with Gasteiger partial charge in [-0.25, -0.2) is 0 Å². The number of benzene rings is 2. The van der Waals surface area contributed by atoms with E-state index in [2.05, 4.69) is 21.2 Å². The van der Waals surface area contributed by atoms with Gasteiger partial charge in [0.2, 0.25) is 0 Å². The van der Waals surface area contributed by atoms with Crippen molar-refractivity contribution in [2.75, 3.05) is 12.4 Å². The average Bonchev–Trinajstić information content (AvgIpc) is 2.39. The molecule has 0 amide bonds. The van der Waals surface area contributed by atoms with Crippen LogP contribution in [0.25, 0.3) is 0 Å². The van der Waals surface area contributed by atoms with E-state index >= 15 is 0 Å². The maximum Gasteiger partial charge on any atom is 0.124 e. The molecule has 0 saturated heterocycles. The summed E-state index contributed by atoms with van der Waals surface area (Å²) in [6.45, 7) is 0.400. The van der Waals surface area contributed by atoms with E-state index in [0.29, 0.717) is 28.0 Å². The van der Waals surface area contributed by atoms with Crippen LogP contribution in [0.2, 0.25) is 10.0 Å². The number of rotatable bonds is 4. The van der Waals surface area contributed by atoms with Crippen molar-refractivity contribution >= 4 is 44.8 Å². The van der Waals surface area contributed by atoms with Gasteiger partial charge in [-0.05, 0) is 24.3 Å². The molecule has 0 heterocycles. The van der Waals surface area contributed by atoms with E-state index < -0.39 is 0 Å². The minimum Gasteiger partial charge on any atom is -0.507 e. The summed E-state index contributed by atoms with van der Waals surface area (Å²) < 4.78 is 5.85. The molecule has 2 N–H and O–H groups in total. The lowest BCUT2D eigenvalue weighted by atomic mass is 10.2. The van der Waals surface area contributed by atoms with Crippen LogP contribution >= 0.6 is 39.1 Å². The van der Waals surface area contributed by atoms with Crippen LogP contribution in [0, 0.1) is 0 Å². The first-order valence-corrected chi connectivity index (χ1v) is 7.30.